The van der Waals surface area contributed by atoms with Gasteiger partial charge in [0.2, 0.25) is 0 Å². The fourth-order valence-corrected chi connectivity index (χ4v) is 1.73. The van der Waals surface area contributed by atoms with Gasteiger partial charge in [0.25, 0.3) is 0 Å². The fourth-order valence-electron chi connectivity index (χ4n) is 1.73. The number of nitrogens with two attached hydrogens (primary N) is 1. The Morgan fingerprint density at radius 3 is 2.00 bits per heavy atom. The standard InChI is InChI=1S/C8H14F3NO/c9-8(10,11)7(13)5-1-3-6(12)4-2-5/h5-7,13H,1-4,12H2/t5-,6+,7?. The Balaban J connectivity index is 2.45. The van der Waals surface area contributed by atoms with Gasteiger partial charge in [0.1, 0.15) is 0 Å². The van der Waals surface area contributed by atoms with Gasteiger partial charge in [0, 0.05) is 6.04 Å². The summed E-state index contributed by atoms with van der Waals surface area (Å²) in [5.74, 6) is -0.653. The summed E-state index contributed by atoms with van der Waals surface area (Å²) in [5.41, 5.74) is 5.54. The summed E-state index contributed by atoms with van der Waals surface area (Å²) in [6.45, 7) is 0. The zero-order valence-electron chi connectivity index (χ0n) is 7.22. The summed E-state index contributed by atoms with van der Waals surface area (Å²) in [6.07, 6.45) is -4.73. The normalized spacial score (nSPS) is 33.0. The van der Waals surface area contributed by atoms with E-state index in [9.17, 15) is 13.2 Å². The van der Waals surface area contributed by atoms with Crippen molar-refractivity contribution < 1.29 is 18.3 Å². The van der Waals surface area contributed by atoms with Crippen LogP contribution in [0.3, 0.4) is 0 Å². The highest BCUT2D eigenvalue weighted by molar-refractivity contribution is 4.82. The first kappa shape index (κ1) is 10.8. The molecule has 0 saturated heterocycles. The average molecular weight is 197 g/mol. The van der Waals surface area contributed by atoms with Crippen LogP contribution < -0.4 is 5.73 Å². The molecule has 0 heterocycles. The summed E-state index contributed by atoms with van der Waals surface area (Å²) in [5, 5.41) is 8.93. The summed E-state index contributed by atoms with van der Waals surface area (Å²) >= 11 is 0. The Bertz CT molecular complexity index is 163. The lowest BCUT2D eigenvalue weighted by Crippen LogP contribution is -2.39. The smallest absolute Gasteiger partial charge is 0.383 e. The van der Waals surface area contributed by atoms with Crippen molar-refractivity contribution in [2.45, 2.75) is 44.0 Å². The minimum Gasteiger partial charge on any atom is -0.383 e. The van der Waals surface area contributed by atoms with E-state index >= 15 is 0 Å². The molecule has 1 aliphatic carbocycles. The van der Waals surface area contributed by atoms with E-state index in [1.807, 2.05) is 0 Å². The van der Waals surface area contributed by atoms with Crippen molar-refractivity contribution in [3.63, 3.8) is 0 Å². The molecule has 0 aliphatic heterocycles. The van der Waals surface area contributed by atoms with Crippen molar-refractivity contribution in [2.24, 2.45) is 11.7 Å². The van der Waals surface area contributed by atoms with Gasteiger partial charge in [-0.2, -0.15) is 13.2 Å². The molecule has 13 heavy (non-hydrogen) atoms. The van der Waals surface area contributed by atoms with E-state index in [-0.39, 0.29) is 6.04 Å². The van der Waals surface area contributed by atoms with Crippen LogP contribution in [0.2, 0.25) is 0 Å². The highest BCUT2D eigenvalue weighted by Gasteiger charge is 2.43. The molecule has 0 aromatic carbocycles. The molecule has 2 nitrogen and oxygen atoms in total. The van der Waals surface area contributed by atoms with Crippen LogP contribution in [0.25, 0.3) is 0 Å². The van der Waals surface area contributed by atoms with Crippen molar-refractivity contribution in [3.05, 3.63) is 0 Å². The van der Waals surface area contributed by atoms with E-state index in [0.717, 1.165) is 0 Å². The van der Waals surface area contributed by atoms with Crippen LogP contribution in [0.4, 0.5) is 13.2 Å². The number of hydrogen-bond acceptors (Lipinski definition) is 2. The highest BCUT2D eigenvalue weighted by atomic mass is 19.4. The van der Waals surface area contributed by atoms with E-state index in [1.54, 1.807) is 0 Å². The Morgan fingerprint density at radius 1 is 1.15 bits per heavy atom. The minimum absolute atomic E-state index is 0.0108. The minimum atomic E-state index is -4.48. The third-order valence-electron chi connectivity index (χ3n) is 2.60. The molecular formula is C8H14F3NO. The van der Waals surface area contributed by atoms with Crippen molar-refractivity contribution in [1.29, 1.82) is 0 Å². The van der Waals surface area contributed by atoms with Gasteiger partial charge in [-0.15, -0.1) is 0 Å². The van der Waals surface area contributed by atoms with Gasteiger partial charge in [-0.25, -0.2) is 0 Å². The molecule has 1 aliphatic rings. The zero-order chi connectivity index (χ0) is 10.1. The van der Waals surface area contributed by atoms with Crippen molar-refractivity contribution in [2.75, 3.05) is 0 Å². The molecule has 0 aromatic rings. The molecule has 1 saturated carbocycles. The van der Waals surface area contributed by atoms with Gasteiger partial charge in [-0.05, 0) is 31.6 Å². The molecule has 1 fully saturated rings. The largest absolute Gasteiger partial charge is 0.414 e. The molecular weight excluding hydrogens is 183 g/mol. The molecule has 0 amide bonds. The lowest BCUT2D eigenvalue weighted by molar-refractivity contribution is -0.222. The van der Waals surface area contributed by atoms with E-state index in [2.05, 4.69) is 0 Å². The number of aliphatic hydroxyl groups excluding tert-OH is 1. The van der Waals surface area contributed by atoms with E-state index in [1.165, 1.54) is 0 Å². The first-order valence-corrected chi connectivity index (χ1v) is 4.41. The zero-order valence-corrected chi connectivity index (χ0v) is 7.22. The van der Waals surface area contributed by atoms with E-state index in [0.29, 0.717) is 25.7 Å². The van der Waals surface area contributed by atoms with Crippen molar-refractivity contribution in [1.82, 2.24) is 0 Å². The van der Waals surface area contributed by atoms with Gasteiger partial charge >= 0.3 is 6.18 Å². The summed E-state index contributed by atoms with van der Waals surface area (Å²) in [7, 11) is 0. The number of rotatable bonds is 1. The van der Waals surface area contributed by atoms with Crippen LogP contribution in [-0.4, -0.2) is 23.4 Å². The lowest BCUT2D eigenvalue weighted by Gasteiger charge is -2.30. The molecule has 1 unspecified atom stereocenters. The molecule has 0 bridgehead atoms. The summed E-state index contributed by atoms with van der Waals surface area (Å²) < 4.78 is 36.1. The molecule has 5 heteroatoms. The predicted octanol–water partition coefficient (Wildman–Crippen LogP) is 1.43. The Labute approximate surface area is 74.9 Å². The van der Waals surface area contributed by atoms with Crippen LogP contribution >= 0.6 is 0 Å². The Morgan fingerprint density at radius 2 is 1.62 bits per heavy atom. The molecule has 0 spiro atoms. The van der Waals surface area contributed by atoms with Crippen molar-refractivity contribution >= 4 is 0 Å². The molecule has 1 rings (SSSR count). The van der Waals surface area contributed by atoms with Gasteiger partial charge < -0.3 is 10.8 Å². The monoisotopic (exact) mass is 197 g/mol. The number of alkyl halides is 3. The maximum atomic E-state index is 12.0. The van der Waals surface area contributed by atoms with Crippen molar-refractivity contribution in [3.8, 4) is 0 Å². The Hall–Kier alpha value is -0.290. The maximum Gasteiger partial charge on any atom is 0.414 e. The quantitative estimate of drug-likeness (QED) is 0.668. The summed E-state index contributed by atoms with van der Waals surface area (Å²) in [4.78, 5) is 0. The average Bonchev–Trinajstić information content (AvgIpc) is 2.03. The van der Waals surface area contributed by atoms with E-state index in [4.69, 9.17) is 10.8 Å². The molecule has 0 radical (unpaired) electrons. The number of halogens is 3. The summed E-state index contributed by atoms with van der Waals surface area (Å²) in [6, 6.07) is 0.0108. The van der Waals surface area contributed by atoms with Crippen LogP contribution in [-0.2, 0) is 0 Å². The lowest BCUT2D eigenvalue weighted by atomic mass is 9.83. The predicted molar refractivity (Wildman–Crippen MR) is 42.0 cm³/mol. The van der Waals surface area contributed by atoms with Gasteiger partial charge in [-0.1, -0.05) is 0 Å². The van der Waals surface area contributed by atoms with E-state index < -0.39 is 18.2 Å². The Kier molecular flexibility index (Phi) is 3.18. The maximum absolute atomic E-state index is 12.0. The molecule has 1 atom stereocenters. The topological polar surface area (TPSA) is 46.2 Å². The second-order valence-corrected chi connectivity index (χ2v) is 3.66. The fraction of sp³-hybridized carbons (Fsp3) is 1.00. The van der Waals surface area contributed by atoms with Crippen LogP contribution in [0, 0.1) is 5.92 Å². The molecule has 3 N–H and O–H groups in total. The second-order valence-electron chi connectivity index (χ2n) is 3.66. The second kappa shape index (κ2) is 3.84. The van der Waals surface area contributed by atoms with Crippen LogP contribution in [0.5, 0.6) is 0 Å². The molecule has 0 aromatic heterocycles. The first-order chi connectivity index (χ1) is 5.91. The highest BCUT2D eigenvalue weighted by Crippen LogP contribution is 2.33. The van der Waals surface area contributed by atoms with Gasteiger partial charge in [0.15, 0.2) is 6.10 Å². The van der Waals surface area contributed by atoms with Crippen LogP contribution in [0.15, 0.2) is 0 Å². The first-order valence-electron chi connectivity index (χ1n) is 4.41. The van der Waals surface area contributed by atoms with Gasteiger partial charge in [0.05, 0.1) is 0 Å². The number of hydrogen-bond donors (Lipinski definition) is 2. The molecule has 78 valence electrons. The number of aliphatic hydroxyl groups is 1. The third-order valence-corrected chi connectivity index (χ3v) is 2.60. The SMILES string of the molecule is N[C@H]1CC[C@@H](C(O)C(F)(F)F)CC1. The van der Waals surface area contributed by atoms with Gasteiger partial charge in [-0.3, -0.25) is 0 Å². The third kappa shape index (κ3) is 2.84. The van der Waals surface area contributed by atoms with Crippen LogP contribution in [0.1, 0.15) is 25.7 Å².